The number of imidazole rings is 1. The van der Waals surface area contributed by atoms with E-state index in [0.717, 1.165) is 6.07 Å². The van der Waals surface area contributed by atoms with Gasteiger partial charge in [0.25, 0.3) is 5.69 Å². The van der Waals surface area contributed by atoms with Crippen molar-refractivity contribution < 1.29 is 47.4 Å². The first-order valence-corrected chi connectivity index (χ1v) is 12.1. The number of fused-ring (bicyclic) bond motifs is 1. The summed E-state index contributed by atoms with van der Waals surface area (Å²) >= 11 is 0. The van der Waals surface area contributed by atoms with Gasteiger partial charge in [-0.3, -0.25) is 29.6 Å². The van der Waals surface area contributed by atoms with E-state index >= 15 is 0 Å². The second-order valence-corrected chi connectivity index (χ2v) is 8.84. The number of alkyl halides is 3. The summed E-state index contributed by atoms with van der Waals surface area (Å²) in [7, 11) is 0. The van der Waals surface area contributed by atoms with Crippen LogP contribution in [0.25, 0.3) is 11.2 Å². The van der Waals surface area contributed by atoms with Crippen molar-refractivity contribution in [3.63, 3.8) is 0 Å². The molecule has 1 aliphatic heterocycles. The lowest BCUT2D eigenvalue weighted by atomic mass is 10.1. The maximum atomic E-state index is 12.3. The zero-order valence-electron chi connectivity index (χ0n) is 21.6. The molecule has 4 N–H and O–H groups in total. The highest BCUT2D eigenvalue weighted by atomic mass is 19.4. The third kappa shape index (κ3) is 6.88. The molecule has 222 valence electrons. The molecular formula is C24H22F3N7O8. The Balaban J connectivity index is 1.57. The fourth-order valence-corrected chi connectivity index (χ4v) is 3.92. The molecule has 0 saturated carbocycles. The number of nitro groups is 1. The van der Waals surface area contributed by atoms with Crippen molar-refractivity contribution in [1.29, 1.82) is 0 Å². The van der Waals surface area contributed by atoms with E-state index in [4.69, 9.17) is 9.47 Å². The van der Waals surface area contributed by atoms with Crippen LogP contribution < -0.4 is 15.4 Å². The van der Waals surface area contributed by atoms with Crippen LogP contribution in [0.2, 0.25) is 0 Å². The van der Waals surface area contributed by atoms with Gasteiger partial charge in [0, 0.05) is 25.0 Å². The number of amides is 2. The number of nitro benzene ring substituents is 1. The molecule has 0 bridgehead atoms. The van der Waals surface area contributed by atoms with Crippen molar-refractivity contribution in [3.05, 3.63) is 45.8 Å². The monoisotopic (exact) mass is 593 g/mol. The topological polar surface area (TPSA) is 204 Å². The molecule has 0 radical (unpaired) electrons. The fourth-order valence-electron chi connectivity index (χ4n) is 3.92. The number of hydrogen-bond acceptors (Lipinski definition) is 11. The number of benzene rings is 1. The molecule has 1 aromatic carbocycles. The second-order valence-electron chi connectivity index (χ2n) is 8.84. The van der Waals surface area contributed by atoms with Gasteiger partial charge in [-0.2, -0.15) is 23.1 Å². The van der Waals surface area contributed by atoms with Crippen LogP contribution in [-0.4, -0.2) is 78.0 Å². The number of nitrogens with zero attached hydrogens (tertiary/aromatic N) is 5. The SMILES string of the molecule is CC(=O)Nc1nc(OCc2ccc(C#CCNC(=O)C(F)(F)F)cc2[N+](=O)[O-])c2ncn([C@H]3CC(O)[C@@H](CO)O3)c2n1. The van der Waals surface area contributed by atoms with E-state index in [1.807, 2.05) is 0 Å². The molecule has 3 atom stereocenters. The Bertz CT molecular complexity index is 1580. The minimum absolute atomic E-state index is 0.0798. The quantitative estimate of drug-likeness (QED) is 0.164. The average Bonchev–Trinajstić information content (AvgIpc) is 3.51. The number of hydrogen-bond donors (Lipinski definition) is 4. The van der Waals surface area contributed by atoms with E-state index in [-0.39, 0.29) is 40.5 Å². The highest BCUT2D eigenvalue weighted by Crippen LogP contribution is 2.33. The van der Waals surface area contributed by atoms with Crippen molar-refractivity contribution >= 4 is 34.6 Å². The van der Waals surface area contributed by atoms with Crippen LogP contribution in [0.1, 0.15) is 30.7 Å². The lowest BCUT2D eigenvalue weighted by Crippen LogP contribution is -2.36. The number of aliphatic hydroxyl groups excluding tert-OH is 2. The third-order valence-electron chi connectivity index (χ3n) is 5.85. The molecule has 15 nitrogen and oxygen atoms in total. The largest absolute Gasteiger partial charge is 0.471 e. The lowest BCUT2D eigenvalue weighted by Gasteiger charge is -2.14. The lowest BCUT2D eigenvalue weighted by molar-refractivity contribution is -0.385. The minimum Gasteiger partial charge on any atom is -0.471 e. The summed E-state index contributed by atoms with van der Waals surface area (Å²) in [5.41, 5.74) is 0.0272. The van der Waals surface area contributed by atoms with Gasteiger partial charge in [0.1, 0.15) is 18.9 Å². The molecule has 2 aromatic heterocycles. The van der Waals surface area contributed by atoms with Crippen LogP contribution in [0, 0.1) is 22.0 Å². The van der Waals surface area contributed by atoms with Crippen molar-refractivity contribution in [2.45, 2.75) is 44.6 Å². The number of ether oxygens (including phenoxy) is 2. The Morgan fingerprint density at radius 1 is 1.33 bits per heavy atom. The number of aliphatic hydroxyl groups is 2. The summed E-state index contributed by atoms with van der Waals surface area (Å²) in [5, 5.41) is 35.2. The van der Waals surface area contributed by atoms with Gasteiger partial charge in [-0.05, 0) is 12.1 Å². The van der Waals surface area contributed by atoms with E-state index in [0.29, 0.717) is 0 Å². The molecule has 3 heterocycles. The average molecular weight is 593 g/mol. The molecule has 1 unspecified atom stereocenters. The Hall–Kier alpha value is -4.86. The molecule has 1 saturated heterocycles. The Morgan fingerprint density at radius 3 is 2.74 bits per heavy atom. The standard InChI is InChI=1S/C24H22F3N7O8/c1-12(36)30-23-31-20-19(29-11-33(20)18-8-16(37)17(9-35)42-18)21(32-23)41-10-14-5-4-13(7-15(14)34(39)40)3-2-6-28-22(38)24(25,26)27/h4-5,7,11,16-18,35,37H,6,8-10H2,1H3,(H,28,38)(H,30,31,32,36)/t16?,17-,18-/m1/s1. The number of carbonyl (C=O) groups excluding carboxylic acids is 2. The molecule has 2 amide bonds. The first kappa shape index (κ1) is 30.1. The summed E-state index contributed by atoms with van der Waals surface area (Å²) in [4.78, 5) is 46.2. The van der Waals surface area contributed by atoms with Gasteiger partial charge in [0.2, 0.25) is 17.7 Å². The van der Waals surface area contributed by atoms with Crippen LogP contribution in [0.5, 0.6) is 5.88 Å². The zero-order valence-corrected chi connectivity index (χ0v) is 21.6. The summed E-state index contributed by atoms with van der Waals surface area (Å²) < 4.78 is 49.6. The predicted molar refractivity (Wildman–Crippen MR) is 135 cm³/mol. The van der Waals surface area contributed by atoms with Gasteiger partial charge in [0.15, 0.2) is 11.2 Å². The maximum absolute atomic E-state index is 12.3. The smallest absolute Gasteiger partial charge is 0.471 e. The van der Waals surface area contributed by atoms with E-state index in [1.165, 1.54) is 30.0 Å². The number of carbonyl (C=O) groups is 2. The van der Waals surface area contributed by atoms with Crippen molar-refractivity contribution in [2.24, 2.45) is 0 Å². The molecule has 1 fully saturated rings. The highest BCUT2D eigenvalue weighted by molar-refractivity contribution is 5.88. The highest BCUT2D eigenvalue weighted by Gasteiger charge is 2.38. The molecule has 0 spiro atoms. The van der Waals surface area contributed by atoms with E-state index in [9.17, 15) is 43.1 Å². The van der Waals surface area contributed by atoms with Gasteiger partial charge in [0.05, 0.1) is 36.1 Å². The van der Waals surface area contributed by atoms with Crippen molar-refractivity contribution in [3.8, 4) is 17.7 Å². The van der Waals surface area contributed by atoms with Crippen molar-refractivity contribution in [1.82, 2.24) is 24.8 Å². The number of nitrogens with one attached hydrogen (secondary N) is 2. The van der Waals surface area contributed by atoms with Crippen LogP contribution >= 0.6 is 0 Å². The summed E-state index contributed by atoms with van der Waals surface area (Å²) in [6.07, 6.45) is -6.14. The van der Waals surface area contributed by atoms with Crippen molar-refractivity contribution in [2.75, 3.05) is 18.5 Å². The third-order valence-corrected chi connectivity index (χ3v) is 5.85. The Morgan fingerprint density at radius 2 is 2.10 bits per heavy atom. The number of rotatable bonds is 8. The molecule has 1 aliphatic rings. The summed E-state index contributed by atoms with van der Waals surface area (Å²) in [6, 6.07) is 3.78. The minimum atomic E-state index is -5.06. The van der Waals surface area contributed by atoms with Gasteiger partial charge in [-0.1, -0.05) is 11.8 Å². The maximum Gasteiger partial charge on any atom is 0.471 e. The van der Waals surface area contributed by atoms with Crippen LogP contribution in [0.15, 0.2) is 24.5 Å². The first-order chi connectivity index (χ1) is 19.9. The molecule has 18 heteroatoms. The van der Waals surface area contributed by atoms with Gasteiger partial charge in [-0.15, -0.1) is 0 Å². The Labute approximate surface area is 233 Å². The normalized spacial score (nSPS) is 18.3. The number of halogens is 3. The molecule has 3 aromatic rings. The summed E-state index contributed by atoms with van der Waals surface area (Å²) in [5.74, 6) is 1.76. The van der Waals surface area contributed by atoms with Crippen LogP contribution in [-0.2, 0) is 20.9 Å². The predicted octanol–water partition coefficient (Wildman–Crippen LogP) is 0.943. The van der Waals surface area contributed by atoms with E-state index < -0.39 is 66.8 Å². The molecule has 0 aliphatic carbocycles. The molecule has 4 rings (SSSR count). The van der Waals surface area contributed by atoms with E-state index in [2.05, 4.69) is 32.1 Å². The summed E-state index contributed by atoms with van der Waals surface area (Å²) in [6.45, 7) is -0.209. The van der Waals surface area contributed by atoms with Gasteiger partial charge >= 0.3 is 12.1 Å². The Kier molecular flexibility index (Phi) is 8.84. The zero-order chi connectivity index (χ0) is 30.6. The van der Waals surface area contributed by atoms with Crippen LogP contribution in [0.4, 0.5) is 24.8 Å². The van der Waals surface area contributed by atoms with E-state index in [1.54, 1.807) is 5.32 Å². The number of anilines is 1. The number of aromatic nitrogens is 4. The molecular weight excluding hydrogens is 571 g/mol. The van der Waals surface area contributed by atoms with Gasteiger partial charge in [-0.25, -0.2) is 4.98 Å². The second kappa shape index (κ2) is 12.3. The molecule has 42 heavy (non-hydrogen) atoms. The van der Waals surface area contributed by atoms with Crippen LogP contribution in [0.3, 0.4) is 0 Å². The first-order valence-electron chi connectivity index (χ1n) is 12.1. The fraction of sp³-hybridized carbons (Fsp3) is 0.375. The van der Waals surface area contributed by atoms with Gasteiger partial charge < -0.3 is 25.0 Å².